The standard InChI is InChI=1S/C14H19N3O3/c1-3-8-15-13(18)10-17(2)12-6-4-11(9-16-12)5-7-14(19)20/h4-7,9H,3,8,10H2,1-2H3,(H,15,18)(H,19,20)/b7-5+. The van der Waals surface area contributed by atoms with Crippen molar-refractivity contribution < 1.29 is 14.7 Å². The highest BCUT2D eigenvalue weighted by Gasteiger charge is 2.07. The third kappa shape index (κ3) is 5.51. The first kappa shape index (κ1) is 15.7. The van der Waals surface area contributed by atoms with Crippen LogP contribution in [0, 0.1) is 0 Å². The monoisotopic (exact) mass is 277 g/mol. The number of hydrogen-bond donors (Lipinski definition) is 2. The second-order valence-corrected chi connectivity index (χ2v) is 4.33. The first-order chi connectivity index (χ1) is 9.52. The molecule has 6 nitrogen and oxygen atoms in total. The quantitative estimate of drug-likeness (QED) is 0.730. The summed E-state index contributed by atoms with van der Waals surface area (Å²) in [7, 11) is 1.78. The molecular formula is C14H19N3O3. The summed E-state index contributed by atoms with van der Waals surface area (Å²) in [5.41, 5.74) is 0.694. The summed E-state index contributed by atoms with van der Waals surface area (Å²) in [6.45, 7) is 2.89. The number of anilines is 1. The summed E-state index contributed by atoms with van der Waals surface area (Å²) in [5, 5.41) is 11.3. The van der Waals surface area contributed by atoms with Crippen molar-refractivity contribution in [3.63, 3.8) is 0 Å². The van der Waals surface area contributed by atoms with E-state index < -0.39 is 5.97 Å². The molecular weight excluding hydrogens is 258 g/mol. The highest BCUT2D eigenvalue weighted by atomic mass is 16.4. The van der Waals surface area contributed by atoms with Gasteiger partial charge in [0.1, 0.15) is 5.82 Å². The van der Waals surface area contributed by atoms with E-state index in [1.807, 2.05) is 6.92 Å². The molecule has 0 radical (unpaired) electrons. The van der Waals surface area contributed by atoms with E-state index >= 15 is 0 Å². The fourth-order valence-electron chi connectivity index (χ4n) is 1.51. The lowest BCUT2D eigenvalue weighted by molar-refractivity contribution is -0.131. The molecule has 0 fully saturated rings. The number of amides is 1. The van der Waals surface area contributed by atoms with Crippen LogP contribution in [0.3, 0.4) is 0 Å². The van der Waals surface area contributed by atoms with Gasteiger partial charge in [0.05, 0.1) is 6.54 Å². The van der Waals surface area contributed by atoms with Crippen molar-refractivity contribution >= 4 is 23.8 Å². The Morgan fingerprint density at radius 2 is 2.20 bits per heavy atom. The van der Waals surface area contributed by atoms with Crippen LogP contribution in [0.25, 0.3) is 6.08 Å². The second kappa shape index (κ2) is 7.93. The number of carboxylic acids is 1. The first-order valence-corrected chi connectivity index (χ1v) is 6.37. The topological polar surface area (TPSA) is 82.5 Å². The lowest BCUT2D eigenvalue weighted by atomic mass is 10.2. The van der Waals surface area contributed by atoms with Crippen molar-refractivity contribution in [2.75, 3.05) is 25.0 Å². The molecule has 0 saturated carbocycles. The maximum Gasteiger partial charge on any atom is 0.328 e. The van der Waals surface area contributed by atoms with E-state index in [4.69, 9.17) is 5.11 Å². The molecule has 1 aromatic heterocycles. The van der Waals surface area contributed by atoms with E-state index in [1.54, 1.807) is 30.3 Å². The van der Waals surface area contributed by atoms with Gasteiger partial charge in [0, 0.05) is 25.9 Å². The summed E-state index contributed by atoms with van der Waals surface area (Å²) in [6.07, 6.45) is 4.99. The SMILES string of the molecule is CCCNC(=O)CN(C)c1ccc(/C=C/C(=O)O)cn1. The molecule has 1 aromatic rings. The minimum Gasteiger partial charge on any atom is -0.478 e. The van der Waals surface area contributed by atoms with Crippen LogP contribution >= 0.6 is 0 Å². The van der Waals surface area contributed by atoms with E-state index in [0.29, 0.717) is 17.9 Å². The maximum atomic E-state index is 11.6. The smallest absolute Gasteiger partial charge is 0.328 e. The molecule has 0 saturated heterocycles. The van der Waals surface area contributed by atoms with Gasteiger partial charge in [-0.1, -0.05) is 6.92 Å². The fraction of sp³-hybridized carbons (Fsp3) is 0.357. The summed E-state index contributed by atoms with van der Waals surface area (Å²) < 4.78 is 0. The Hall–Kier alpha value is -2.37. The number of nitrogens with one attached hydrogen (secondary N) is 1. The minimum absolute atomic E-state index is 0.0500. The van der Waals surface area contributed by atoms with Gasteiger partial charge in [-0.2, -0.15) is 0 Å². The Bertz CT molecular complexity index is 483. The molecule has 0 aliphatic heterocycles. The Morgan fingerprint density at radius 1 is 1.45 bits per heavy atom. The van der Waals surface area contributed by atoms with Gasteiger partial charge in [-0.25, -0.2) is 9.78 Å². The molecule has 1 heterocycles. The normalized spacial score (nSPS) is 10.5. The number of carbonyl (C=O) groups is 2. The zero-order valence-corrected chi connectivity index (χ0v) is 11.7. The molecule has 0 atom stereocenters. The maximum absolute atomic E-state index is 11.6. The average Bonchev–Trinajstić information content (AvgIpc) is 2.43. The number of aromatic nitrogens is 1. The van der Waals surface area contributed by atoms with Crippen molar-refractivity contribution in [3.05, 3.63) is 30.0 Å². The van der Waals surface area contributed by atoms with Crippen LogP contribution in [0.5, 0.6) is 0 Å². The molecule has 0 aliphatic carbocycles. The number of likely N-dealkylation sites (N-methyl/N-ethyl adjacent to an activating group) is 1. The number of carbonyl (C=O) groups excluding carboxylic acids is 1. The van der Waals surface area contributed by atoms with Gasteiger partial charge in [-0.15, -0.1) is 0 Å². The molecule has 0 spiro atoms. The number of carboxylic acid groups (broad SMARTS) is 1. The predicted molar refractivity (Wildman–Crippen MR) is 77.5 cm³/mol. The molecule has 6 heteroatoms. The van der Waals surface area contributed by atoms with Crippen LogP contribution in [0.15, 0.2) is 24.4 Å². The van der Waals surface area contributed by atoms with Gasteiger partial charge in [-0.05, 0) is 30.2 Å². The molecule has 20 heavy (non-hydrogen) atoms. The average molecular weight is 277 g/mol. The Labute approximate surface area is 118 Å². The zero-order valence-electron chi connectivity index (χ0n) is 11.7. The first-order valence-electron chi connectivity index (χ1n) is 6.37. The third-order valence-corrected chi connectivity index (χ3v) is 2.53. The summed E-state index contributed by atoms with van der Waals surface area (Å²) in [6, 6.07) is 3.50. The summed E-state index contributed by atoms with van der Waals surface area (Å²) >= 11 is 0. The van der Waals surface area contributed by atoms with Crippen molar-refractivity contribution in [2.45, 2.75) is 13.3 Å². The zero-order chi connectivity index (χ0) is 15.0. The third-order valence-electron chi connectivity index (χ3n) is 2.53. The predicted octanol–water partition coefficient (Wildman–Crippen LogP) is 1.14. The van der Waals surface area contributed by atoms with Crippen LogP contribution in [-0.2, 0) is 9.59 Å². The molecule has 0 aromatic carbocycles. The van der Waals surface area contributed by atoms with Crippen molar-refractivity contribution in [3.8, 4) is 0 Å². The molecule has 0 aliphatic rings. The van der Waals surface area contributed by atoms with E-state index in [1.165, 1.54) is 6.08 Å². The van der Waals surface area contributed by atoms with E-state index in [0.717, 1.165) is 12.5 Å². The Balaban J connectivity index is 2.59. The number of pyridine rings is 1. The summed E-state index contributed by atoms with van der Waals surface area (Å²) in [4.78, 5) is 27.9. The minimum atomic E-state index is -1.00. The van der Waals surface area contributed by atoms with E-state index in [9.17, 15) is 9.59 Å². The van der Waals surface area contributed by atoms with Gasteiger partial charge < -0.3 is 15.3 Å². The Morgan fingerprint density at radius 3 is 2.75 bits per heavy atom. The van der Waals surface area contributed by atoms with Crippen LogP contribution in [0.2, 0.25) is 0 Å². The van der Waals surface area contributed by atoms with Crippen LogP contribution in [0.1, 0.15) is 18.9 Å². The van der Waals surface area contributed by atoms with Gasteiger partial charge >= 0.3 is 5.97 Å². The number of nitrogens with zero attached hydrogens (tertiary/aromatic N) is 2. The number of aliphatic carboxylic acids is 1. The van der Waals surface area contributed by atoms with E-state index in [-0.39, 0.29) is 12.5 Å². The van der Waals surface area contributed by atoms with Crippen molar-refractivity contribution in [1.82, 2.24) is 10.3 Å². The van der Waals surface area contributed by atoms with Crippen LogP contribution in [-0.4, -0.2) is 42.1 Å². The number of hydrogen-bond acceptors (Lipinski definition) is 4. The Kier molecular flexibility index (Phi) is 6.22. The highest BCUT2D eigenvalue weighted by Crippen LogP contribution is 2.10. The lowest BCUT2D eigenvalue weighted by Crippen LogP contribution is -2.35. The second-order valence-electron chi connectivity index (χ2n) is 4.33. The molecule has 2 N–H and O–H groups in total. The van der Waals surface area contributed by atoms with Crippen molar-refractivity contribution in [1.29, 1.82) is 0 Å². The molecule has 0 unspecified atom stereocenters. The molecule has 108 valence electrons. The summed E-state index contributed by atoms with van der Waals surface area (Å²) in [5.74, 6) is -0.395. The molecule has 0 bridgehead atoms. The van der Waals surface area contributed by atoms with Crippen LogP contribution in [0.4, 0.5) is 5.82 Å². The van der Waals surface area contributed by atoms with Gasteiger partial charge in [-0.3, -0.25) is 4.79 Å². The lowest BCUT2D eigenvalue weighted by Gasteiger charge is -2.17. The van der Waals surface area contributed by atoms with Gasteiger partial charge in [0.2, 0.25) is 5.91 Å². The highest BCUT2D eigenvalue weighted by molar-refractivity contribution is 5.85. The van der Waals surface area contributed by atoms with Crippen LogP contribution < -0.4 is 10.2 Å². The van der Waals surface area contributed by atoms with Crippen molar-refractivity contribution in [2.24, 2.45) is 0 Å². The fourth-order valence-corrected chi connectivity index (χ4v) is 1.51. The molecule has 1 rings (SSSR count). The largest absolute Gasteiger partial charge is 0.478 e. The van der Waals surface area contributed by atoms with E-state index in [2.05, 4.69) is 10.3 Å². The van der Waals surface area contributed by atoms with Gasteiger partial charge in [0.15, 0.2) is 0 Å². The van der Waals surface area contributed by atoms with Gasteiger partial charge in [0.25, 0.3) is 0 Å². The molecule has 1 amide bonds. The number of rotatable bonds is 7.